The smallest absolute Gasteiger partial charge is 0.404 e. The highest BCUT2D eigenvalue weighted by atomic mass is 16.5. The molecule has 1 aromatic carbocycles. The minimum Gasteiger partial charge on any atom is -0.497 e. The summed E-state index contributed by atoms with van der Waals surface area (Å²) in [7, 11) is 1.64. The number of hydrogen-bond donors (Lipinski definition) is 4. The maximum absolute atomic E-state index is 10.4. The molecule has 21 heavy (non-hydrogen) atoms. The van der Waals surface area contributed by atoms with Gasteiger partial charge in [-0.1, -0.05) is 6.07 Å². The highest BCUT2D eigenvalue weighted by Gasteiger charge is 2.22. The predicted molar refractivity (Wildman–Crippen MR) is 78.5 cm³/mol. The summed E-state index contributed by atoms with van der Waals surface area (Å²) in [5, 5.41) is 23.9. The molecule has 1 aromatic rings. The number of aliphatic hydroxyl groups is 1. The van der Waals surface area contributed by atoms with Crippen LogP contribution in [-0.4, -0.2) is 36.2 Å². The lowest BCUT2D eigenvalue weighted by atomic mass is 9.87. The Bertz CT molecular complexity index is 493. The van der Waals surface area contributed by atoms with Crippen molar-refractivity contribution in [2.45, 2.75) is 38.0 Å². The second-order valence-corrected chi connectivity index (χ2v) is 5.21. The van der Waals surface area contributed by atoms with Crippen molar-refractivity contribution in [1.82, 2.24) is 10.6 Å². The molecule has 0 radical (unpaired) electrons. The van der Waals surface area contributed by atoms with Crippen molar-refractivity contribution in [2.24, 2.45) is 0 Å². The first kappa shape index (κ1) is 15.6. The van der Waals surface area contributed by atoms with Crippen LogP contribution in [0.3, 0.4) is 0 Å². The average Bonchev–Trinajstić information content (AvgIpc) is 2.46. The van der Waals surface area contributed by atoms with Gasteiger partial charge in [-0.3, -0.25) is 5.32 Å². The third kappa shape index (κ3) is 4.34. The summed E-state index contributed by atoms with van der Waals surface area (Å²) in [5.74, 6) is 0.810. The van der Waals surface area contributed by atoms with Gasteiger partial charge >= 0.3 is 6.09 Å². The van der Waals surface area contributed by atoms with Crippen LogP contribution in [0.2, 0.25) is 0 Å². The predicted octanol–water partition coefficient (Wildman–Crippen LogP) is 1.64. The van der Waals surface area contributed by atoms with Crippen LogP contribution in [-0.2, 0) is 6.42 Å². The molecular weight excluding hydrogens is 272 g/mol. The van der Waals surface area contributed by atoms with Gasteiger partial charge in [-0.15, -0.1) is 0 Å². The Labute approximate surface area is 124 Å². The van der Waals surface area contributed by atoms with Gasteiger partial charge in [0.15, 0.2) is 0 Å². The Kier molecular flexibility index (Phi) is 5.41. The monoisotopic (exact) mass is 294 g/mol. The highest BCUT2D eigenvalue weighted by Crippen LogP contribution is 2.32. The van der Waals surface area contributed by atoms with E-state index in [4.69, 9.17) is 9.84 Å². The Hall–Kier alpha value is -1.79. The lowest BCUT2D eigenvalue weighted by Gasteiger charge is -2.29. The van der Waals surface area contributed by atoms with E-state index >= 15 is 0 Å². The van der Waals surface area contributed by atoms with Crippen LogP contribution in [0.5, 0.6) is 5.75 Å². The Morgan fingerprint density at radius 1 is 1.52 bits per heavy atom. The second kappa shape index (κ2) is 7.28. The third-order valence-corrected chi connectivity index (χ3v) is 3.75. The van der Waals surface area contributed by atoms with Crippen LogP contribution in [0.1, 0.15) is 36.4 Å². The van der Waals surface area contributed by atoms with E-state index < -0.39 is 12.3 Å². The van der Waals surface area contributed by atoms with E-state index in [0.29, 0.717) is 6.42 Å². The first-order valence-corrected chi connectivity index (χ1v) is 7.18. The molecule has 116 valence electrons. The van der Waals surface area contributed by atoms with E-state index in [1.54, 1.807) is 7.11 Å². The van der Waals surface area contributed by atoms with Gasteiger partial charge in [0, 0.05) is 19.0 Å². The summed E-state index contributed by atoms with van der Waals surface area (Å²) in [5.41, 5.74) is 2.43. The molecule has 1 aliphatic carbocycles. The normalized spacial score (nSPS) is 18.7. The summed E-state index contributed by atoms with van der Waals surface area (Å²) in [6.45, 7) is 0.223. The van der Waals surface area contributed by atoms with E-state index in [1.807, 2.05) is 12.1 Å². The van der Waals surface area contributed by atoms with Gasteiger partial charge in [0.2, 0.25) is 0 Å². The first-order chi connectivity index (χ1) is 10.1. The highest BCUT2D eigenvalue weighted by molar-refractivity contribution is 5.64. The molecule has 6 heteroatoms. The van der Waals surface area contributed by atoms with Crippen molar-refractivity contribution in [3.8, 4) is 5.75 Å². The molecule has 1 amide bonds. The number of methoxy groups -OCH3 is 1. The molecule has 0 heterocycles. The minimum atomic E-state index is -1.07. The Morgan fingerprint density at radius 3 is 3.05 bits per heavy atom. The molecule has 0 aliphatic heterocycles. The molecule has 0 fully saturated rings. The van der Waals surface area contributed by atoms with Crippen molar-refractivity contribution in [3.05, 3.63) is 29.3 Å². The molecule has 4 N–H and O–H groups in total. The van der Waals surface area contributed by atoms with Crippen molar-refractivity contribution < 1.29 is 19.7 Å². The van der Waals surface area contributed by atoms with Crippen LogP contribution < -0.4 is 15.4 Å². The number of rotatable bonds is 6. The van der Waals surface area contributed by atoms with E-state index in [2.05, 4.69) is 16.7 Å². The number of carbonyl (C=O) groups is 1. The van der Waals surface area contributed by atoms with E-state index in [1.165, 1.54) is 5.56 Å². The van der Waals surface area contributed by atoms with Gasteiger partial charge in [-0.2, -0.15) is 0 Å². The van der Waals surface area contributed by atoms with Gasteiger partial charge in [0.1, 0.15) is 12.0 Å². The fourth-order valence-electron chi connectivity index (χ4n) is 2.71. The number of ether oxygens (including phenoxy) is 1. The fraction of sp³-hybridized carbons (Fsp3) is 0.533. The molecule has 0 saturated heterocycles. The topological polar surface area (TPSA) is 90.8 Å². The molecule has 0 saturated carbocycles. The molecule has 2 rings (SSSR count). The van der Waals surface area contributed by atoms with Crippen molar-refractivity contribution >= 4 is 6.09 Å². The maximum Gasteiger partial charge on any atom is 0.404 e. The van der Waals surface area contributed by atoms with Crippen molar-refractivity contribution in [3.63, 3.8) is 0 Å². The van der Waals surface area contributed by atoms with Crippen LogP contribution in [0.4, 0.5) is 4.79 Å². The number of carboxylic acid groups (broad SMARTS) is 1. The van der Waals surface area contributed by atoms with Crippen LogP contribution in [0, 0.1) is 0 Å². The molecule has 0 spiro atoms. The fourth-order valence-corrected chi connectivity index (χ4v) is 2.71. The molecule has 6 nitrogen and oxygen atoms in total. The molecule has 2 unspecified atom stereocenters. The van der Waals surface area contributed by atoms with Crippen LogP contribution in [0.25, 0.3) is 0 Å². The largest absolute Gasteiger partial charge is 0.497 e. The zero-order valence-electron chi connectivity index (χ0n) is 12.1. The summed E-state index contributed by atoms with van der Waals surface area (Å²) in [6, 6.07) is 6.10. The number of benzene rings is 1. The third-order valence-electron chi connectivity index (χ3n) is 3.75. The number of amides is 1. The summed E-state index contributed by atoms with van der Waals surface area (Å²) >= 11 is 0. The van der Waals surface area contributed by atoms with Gasteiger partial charge in [0.05, 0.1) is 7.11 Å². The number of nitrogens with one attached hydrogen (secondary N) is 2. The minimum absolute atomic E-state index is 0.0729. The molecule has 2 atom stereocenters. The van der Waals surface area contributed by atoms with Gasteiger partial charge < -0.3 is 20.3 Å². The SMILES string of the molecule is COc1ccc2c(c1)C(NC(O)CCNC(=O)O)CCC2. The lowest BCUT2D eigenvalue weighted by Crippen LogP contribution is -2.37. The number of fused-ring (bicyclic) bond motifs is 1. The molecule has 0 aromatic heterocycles. The van der Waals surface area contributed by atoms with Crippen LogP contribution in [0.15, 0.2) is 18.2 Å². The number of hydrogen-bond acceptors (Lipinski definition) is 4. The Morgan fingerprint density at radius 2 is 2.33 bits per heavy atom. The van der Waals surface area contributed by atoms with Crippen molar-refractivity contribution in [1.29, 1.82) is 0 Å². The van der Waals surface area contributed by atoms with Gasteiger partial charge in [0.25, 0.3) is 0 Å². The zero-order valence-corrected chi connectivity index (χ0v) is 12.1. The second-order valence-electron chi connectivity index (χ2n) is 5.21. The van der Waals surface area contributed by atoms with Crippen LogP contribution >= 0.6 is 0 Å². The number of aliphatic hydroxyl groups excluding tert-OH is 1. The summed E-state index contributed by atoms with van der Waals surface area (Å²) < 4.78 is 5.26. The van der Waals surface area contributed by atoms with E-state index in [0.717, 1.165) is 30.6 Å². The Balaban J connectivity index is 1.97. The van der Waals surface area contributed by atoms with E-state index in [9.17, 15) is 9.90 Å². The molecular formula is C15H22N2O4. The maximum atomic E-state index is 10.4. The van der Waals surface area contributed by atoms with E-state index in [-0.39, 0.29) is 12.6 Å². The standard InChI is InChI=1S/C15H22N2O4/c1-21-11-6-5-10-3-2-4-13(12(10)9-11)17-14(18)7-8-16-15(19)20/h5-6,9,13-14,16-18H,2-4,7-8H2,1H3,(H,19,20). The number of aryl methyl sites for hydroxylation is 1. The zero-order chi connectivity index (χ0) is 15.2. The van der Waals surface area contributed by atoms with Gasteiger partial charge in [-0.05, 0) is 42.5 Å². The quantitative estimate of drug-likeness (QED) is 0.599. The van der Waals surface area contributed by atoms with Gasteiger partial charge in [-0.25, -0.2) is 4.79 Å². The molecule has 1 aliphatic rings. The average molecular weight is 294 g/mol. The lowest BCUT2D eigenvalue weighted by molar-refractivity contribution is 0.108. The van der Waals surface area contributed by atoms with Crippen molar-refractivity contribution in [2.75, 3.05) is 13.7 Å². The summed E-state index contributed by atoms with van der Waals surface area (Å²) in [4.78, 5) is 10.4. The molecule has 0 bridgehead atoms. The first-order valence-electron chi connectivity index (χ1n) is 7.18. The summed E-state index contributed by atoms with van der Waals surface area (Å²) in [6.07, 6.45) is 1.57.